The Bertz CT molecular complexity index is 764. The van der Waals surface area contributed by atoms with Gasteiger partial charge in [-0.3, -0.25) is 0 Å². The predicted octanol–water partition coefficient (Wildman–Crippen LogP) is 4.61. The number of carbonyl (C=O) groups is 1. The van der Waals surface area contributed by atoms with Crippen molar-refractivity contribution in [3.8, 4) is 11.5 Å². The molecule has 0 aliphatic carbocycles. The summed E-state index contributed by atoms with van der Waals surface area (Å²) in [5.41, 5.74) is 2.25. The summed E-state index contributed by atoms with van der Waals surface area (Å²) in [7, 11) is 1.68. The summed E-state index contributed by atoms with van der Waals surface area (Å²) in [6.45, 7) is 8.04. The van der Waals surface area contributed by atoms with E-state index in [0.29, 0.717) is 17.6 Å². The molecule has 29 heavy (non-hydrogen) atoms. The summed E-state index contributed by atoms with van der Waals surface area (Å²) in [5.74, 6) is 1.24. The van der Waals surface area contributed by atoms with Crippen LogP contribution in [0.15, 0.2) is 47.4 Å². The van der Waals surface area contributed by atoms with Crippen LogP contribution >= 0.6 is 11.8 Å². The smallest absolute Gasteiger partial charge is 0.344 e. The zero-order valence-corrected chi connectivity index (χ0v) is 18.5. The van der Waals surface area contributed by atoms with Gasteiger partial charge in [-0.05, 0) is 61.7 Å². The van der Waals surface area contributed by atoms with Gasteiger partial charge in [-0.1, -0.05) is 19.1 Å². The fourth-order valence-electron chi connectivity index (χ4n) is 2.78. The lowest BCUT2D eigenvalue weighted by atomic mass is 10.2. The van der Waals surface area contributed by atoms with Crippen LogP contribution in [0.4, 0.5) is 0 Å². The Balaban J connectivity index is 1.82. The number of esters is 1. The standard InChI is InChI=1S/C23H31NO4S/c1-5-20(15-24-14-18-7-9-19(26-4)10-8-18)29-21-11-12-22(17(3)13-21)28-16-23(25)27-6-2/h7-13,20,24H,5-6,14-16H2,1-4H3. The van der Waals surface area contributed by atoms with E-state index in [0.717, 1.165) is 30.8 Å². The van der Waals surface area contributed by atoms with E-state index < -0.39 is 0 Å². The van der Waals surface area contributed by atoms with E-state index in [4.69, 9.17) is 14.2 Å². The maximum absolute atomic E-state index is 11.4. The summed E-state index contributed by atoms with van der Waals surface area (Å²) in [5, 5.41) is 4.01. The van der Waals surface area contributed by atoms with Crippen molar-refractivity contribution in [3.05, 3.63) is 53.6 Å². The van der Waals surface area contributed by atoms with Crippen LogP contribution in [0.3, 0.4) is 0 Å². The topological polar surface area (TPSA) is 56.8 Å². The highest BCUT2D eigenvalue weighted by Gasteiger charge is 2.11. The van der Waals surface area contributed by atoms with Crippen LogP contribution in [0, 0.1) is 6.92 Å². The molecule has 0 aromatic heterocycles. The Morgan fingerprint density at radius 1 is 1.14 bits per heavy atom. The number of hydrogen-bond donors (Lipinski definition) is 1. The number of benzene rings is 2. The molecule has 1 atom stereocenters. The molecule has 0 bridgehead atoms. The fraction of sp³-hybridized carbons (Fsp3) is 0.435. The highest BCUT2D eigenvalue weighted by molar-refractivity contribution is 8.00. The fourth-order valence-corrected chi connectivity index (χ4v) is 3.92. The molecule has 0 radical (unpaired) electrons. The number of ether oxygens (including phenoxy) is 3. The predicted molar refractivity (Wildman–Crippen MR) is 118 cm³/mol. The van der Waals surface area contributed by atoms with Crippen molar-refractivity contribution in [2.24, 2.45) is 0 Å². The first-order valence-electron chi connectivity index (χ1n) is 9.95. The van der Waals surface area contributed by atoms with Crippen LogP contribution in [0.1, 0.15) is 31.4 Å². The van der Waals surface area contributed by atoms with Crippen molar-refractivity contribution < 1.29 is 19.0 Å². The molecule has 6 heteroatoms. The molecule has 2 rings (SSSR count). The molecule has 0 amide bonds. The molecule has 1 N–H and O–H groups in total. The minimum atomic E-state index is -0.348. The minimum Gasteiger partial charge on any atom is -0.497 e. The number of nitrogens with one attached hydrogen (secondary N) is 1. The Labute approximate surface area is 178 Å². The van der Waals surface area contributed by atoms with Gasteiger partial charge in [0.1, 0.15) is 11.5 Å². The normalized spacial score (nSPS) is 11.7. The summed E-state index contributed by atoms with van der Waals surface area (Å²) >= 11 is 1.86. The number of methoxy groups -OCH3 is 1. The molecule has 0 saturated heterocycles. The molecule has 0 fully saturated rings. The molecular weight excluding hydrogens is 386 g/mol. The van der Waals surface area contributed by atoms with Crippen molar-refractivity contribution in [2.75, 3.05) is 26.9 Å². The first kappa shape index (κ1) is 23.1. The van der Waals surface area contributed by atoms with Crippen LogP contribution in [0.25, 0.3) is 0 Å². The molecule has 0 spiro atoms. The molecule has 158 valence electrons. The van der Waals surface area contributed by atoms with Crippen molar-refractivity contribution in [1.82, 2.24) is 5.32 Å². The third-order valence-electron chi connectivity index (χ3n) is 4.42. The number of rotatable bonds is 12. The summed E-state index contributed by atoms with van der Waals surface area (Å²) in [4.78, 5) is 12.6. The zero-order chi connectivity index (χ0) is 21.1. The molecular formula is C23H31NO4S. The van der Waals surface area contributed by atoms with E-state index in [1.54, 1.807) is 14.0 Å². The number of aryl methyl sites for hydroxylation is 1. The Morgan fingerprint density at radius 2 is 1.90 bits per heavy atom. The van der Waals surface area contributed by atoms with Crippen molar-refractivity contribution in [1.29, 1.82) is 0 Å². The third kappa shape index (κ3) is 7.99. The van der Waals surface area contributed by atoms with E-state index in [2.05, 4.69) is 30.4 Å². The van der Waals surface area contributed by atoms with E-state index in [1.807, 2.05) is 43.0 Å². The van der Waals surface area contributed by atoms with Crippen LogP contribution in [0.2, 0.25) is 0 Å². The second kappa shape index (κ2) is 12.4. The lowest BCUT2D eigenvalue weighted by molar-refractivity contribution is -0.145. The lowest BCUT2D eigenvalue weighted by Gasteiger charge is -2.17. The van der Waals surface area contributed by atoms with Crippen molar-refractivity contribution >= 4 is 17.7 Å². The highest BCUT2D eigenvalue weighted by atomic mass is 32.2. The van der Waals surface area contributed by atoms with Crippen molar-refractivity contribution in [2.45, 2.75) is 43.9 Å². The zero-order valence-electron chi connectivity index (χ0n) is 17.7. The van der Waals surface area contributed by atoms with Gasteiger partial charge in [0, 0.05) is 23.2 Å². The summed E-state index contributed by atoms with van der Waals surface area (Å²) in [6.07, 6.45) is 1.07. The SMILES string of the molecule is CCOC(=O)COc1ccc(SC(CC)CNCc2ccc(OC)cc2)cc1C. The number of hydrogen-bond acceptors (Lipinski definition) is 6. The minimum absolute atomic E-state index is 0.0615. The van der Waals surface area contributed by atoms with Gasteiger partial charge < -0.3 is 19.5 Å². The molecule has 1 unspecified atom stereocenters. The summed E-state index contributed by atoms with van der Waals surface area (Å²) in [6, 6.07) is 14.2. The molecule has 5 nitrogen and oxygen atoms in total. The van der Waals surface area contributed by atoms with E-state index in [-0.39, 0.29) is 12.6 Å². The van der Waals surface area contributed by atoms with E-state index in [9.17, 15) is 4.79 Å². The van der Waals surface area contributed by atoms with Crippen LogP contribution in [0.5, 0.6) is 11.5 Å². The quantitative estimate of drug-likeness (QED) is 0.402. The molecule has 0 saturated carbocycles. The monoisotopic (exact) mass is 417 g/mol. The summed E-state index contributed by atoms with van der Waals surface area (Å²) < 4.78 is 15.7. The second-order valence-electron chi connectivity index (χ2n) is 6.65. The lowest BCUT2D eigenvalue weighted by Crippen LogP contribution is -2.23. The highest BCUT2D eigenvalue weighted by Crippen LogP contribution is 2.29. The van der Waals surface area contributed by atoms with Crippen molar-refractivity contribution in [3.63, 3.8) is 0 Å². The first-order valence-corrected chi connectivity index (χ1v) is 10.8. The van der Waals surface area contributed by atoms with Crippen LogP contribution in [-0.2, 0) is 16.1 Å². The van der Waals surface area contributed by atoms with Gasteiger partial charge in [0.05, 0.1) is 13.7 Å². The van der Waals surface area contributed by atoms with Gasteiger partial charge in [-0.25, -0.2) is 4.79 Å². The largest absolute Gasteiger partial charge is 0.497 e. The molecule has 2 aromatic rings. The van der Waals surface area contributed by atoms with Gasteiger partial charge in [0.2, 0.25) is 0 Å². The Morgan fingerprint density at radius 3 is 2.52 bits per heavy atom. The Hall–Kier alpha value is -2.18. The van der Waals surface area contributed by atoms with Gasteiger partial charge in [-0.15, -0.1) is 11.8 Å². The molecule has 0 aliphatic heterocycles. The number of carbonyl (C=O) groups excluding carboxylic acids is 1. The first-order chi connectivity index (χ1) is 14.0. The average molecular weight is 418 g/mol. The van der Waals surface area contributed by atoms with Gasteiger partial charge in [0.25, 0.3) is 0 Å². The average Bonchev–Trinajstić information content (AvgIpc) is 2.73. The van der Waals surface area contributed by atoms with E-state index >= 15 is 0 Å². The number of thioether (sulfide) groups is 1. The van der Waals surface area contributed by atoms with Crippen LogP contribution in [-0.4, -0.2) is 38.1 Å². The van der Waals surface area contributed by atoms with Gasteiger partial charge >= 0.3 is 5.97 Å². The second-order valence-corrected chi connectivity index (χ2v) is 8.02. The van der Waals surface area contributed by atoms with Gasteiger partial charge in [0.15, 0.2) is 6.61 Å². The third-order valence-corrected chi connectivity index (χ3v) is 5.77. The Kier molecular flexibility index (Phi) is 9.88. The van der Waals surface area contributed by atoms with Crippen LogP contribution < -0.4 is 14.8 Å². The molecule has 0 aliphatic rings. The van der Waals surface area contributed by atoms with E-state index in [1.165, 1.54) is 10.5 Å². The molecule has 2 aromatic carbocycles. The van der Waals surface area contributed by atoms with Gasteiger partial charge in [-0.2, -0.15) is 0 Å². The maximum Gasteiger partial charge on any atom is 0.344 e. The molecule has 0 heterocycles. The maximum atomic E-state index is 11.4.